The zero-order valence-corrected chi connectivity index (χ0v) is 16.3. The highest BCUT2D eigenvalue weighted by Gasteiger charge is 2.50. The fourth-order valence-corrected chi connectivity index (χ4v) is 3.86. The van der Waals surface area contributed by atoms with E-state index in [-0.39, 0.29) is 5.57 Å². The van der Waals surface area contributed by atoms with E-state index in [2.05, 4.69) is 5.48 Å². The third kappa shape index (κ3) is 2.63. The van der Waals surface area contributed by atoms with Crippen molar-refractivity contribution in [3.05, 3.63) is 71.8 Å². The molecule has 1 N–H and O–H groups in total. The Morgan fingerprint density at radius 1 is 0.900 bits per heavy atom. The van der Waals surface area contributed by atoms with Crippen molar-refractivity contribution in [3.8, 4) is 11.5 Å². The lowest BCUT2D eigenvalue weighted by atomic mass is 10.0. The molecule has 1 fully saturated rings. The number of methoxy groups -OCH3 is 2. The van der Waals surface area contributed by atoms with Crippen LogP contribution in [0.5, 0.6) is 11.5 Å². The van der Waals surface area contributed by atoms with Crippen molar-refractivity contribution in [2.45, 2.75) is 6.10 Å². The second-order valence-electron chi connectivity index (χ2n) is 6.97. The largest absolute Gasteiger partial charge is 0.493 e. The predicted molar refractivity (Wildman–Crippen MR) is 111 cm³/mol. The summed E-state index contributed by atoms with van der Waals surface area (Å²) in [6, 6.07) is 18.5. The van der Waals surface area contributed by atoms with Crippen molar-refractivity contribution in [3.63, 3.8) is 0 Å². The first-order valence-corrected chi connectivity index (χ1v) is 9.37. The van der Waals surface area contributed by atoms with Crippen LogP contribution in [0.25, 0.3) is 16.5 Å². The van der Waals surface area contributed by atoms with E-state index < -0.39 is 17.9 Å². The minimum absolute atomic E-state index is 0.278. The van der Waals surface area contributed by atoms with Crippen LogP contribution in [0.3, 0.4) is 0 Å². The van der Waals surface area contributed by atoms with Gasteiger partial charge in [-0.25, -0.2) is 4.90 Å². The number of fused-ring (bicyclic) bond motifs is 2. The summed E-state index contributed by atoms with van der Waals surface area (Å²) in [5.41, 5.74) is 4.64. The Hall–Kier alpha value is -3.84. The molecule has 7 nitrogen and oxygen atoms in total. The molecule has 1 saturated heterocycles. The number of benzene rings is 3. The highest BCUT2D eigenvalue weighted by molar-refractivity contribution is 6.33. The number of nitrogens with one attached hydrogen (secondary N) is 1. The standard InChI is InChI=1S/C23H18N2O5/c1-28-17-10-8-15(12-18(17)29-2)20-19-21(30-24-20)23(27)25(22(19)26)16-9-7-13-5-3-4-6-14(13)11-16/h3-12,21,24H,1-2H3/t21-/m0/s1. The van der Waals surface area contributed by atoms with Gasteiger partial charge in [-0.3, -0.25) is 19.9 Å². The molecule has 150 valence electrons. The van der Waals surface area contributed by atoms with Crippen molar-refractivity contribution in [2.24, 2.45) is 0 Å². The fourth-order valence-electron chi connectivity index (χ4n) is 3.86. The van der Waals surface area contributed by atoms with Gasteiger partial charge in [0.05, 0.1) is 31.2 Å². The number of hydrogen-bond acceptors (Lipinski definition) is 6. The van der Waals surface area contributed by atoms with Gasteiger partial charge in [-0.2, -0.15) is 0 Å². The number of ether oxygens (including phenoxy) is 2. The molecule has 30 heavy (non-hydrogen) atoms. The molecule has 3 aromatic rings. The van der Waals surface area contributed by atoms with Gasteiger partial charge >= 0.3 is 0 Å². The van der Waals surface area contributed by atoms with E-state index in [9.17, 15) is 9.59 Å². The lowest BCUT2D eigenvalue weighted by Crippen LogP contribution is -2.34. The van der Waals surface area contributed by atoms with E-state index in [1.807, 2.05) is 36.4 Å². The Morgan fingerprint density at radius 3 is 2.43 bits per heavy atom. The van der Waals surface area contributed by atoms with E-state index in [0.29, 0.717) is 28.4 Å². The summed E-state index contributed by atoms with van der Waals surface area (Å²) in [6.07, 6.45) is -0.993. The Morgan fingerprint density at radius 2 is 1.67 bits per heavy atom. The molecule has 0 aliphatic carbocycles. The molecule has 0 aromatic heterocycles. The summed E-state index contributed by atoms with van der Waals surface area (Å²) in [7, 11) is 3.08. The summed E-state index contributed by atoms with van der Waals surface area (Å²) in [6.45, 7) is 0. The number of hydrogen-bond donors (Lipinski definition) is 1. The number of carbonyl (C=O) groups is 2. The highest BCUT2D eigenvalue weighted by atomic mass is 16.7. The van der Waals surface area contributed by atoms with Gasteiger partial charge < -0.3 is 9.47 Å². The fraction of sp³-hybridized carbons (Fsp3) is 0.130. The van der Waals surface area contributed by atoms with Gasteiger partial charge in [0.25, 0.3) is 11.8 Å². The van der Waals surface area contributed by atoms with Crippen molar-refractivity contribution in [1.82, 2.24) is 5.48 Å². The summed E-state index contributed by atoms with van der Waals surface area (Å²) < 4.78 is 10.6. The van der Waals surface area contributed by atoms with Crippen LogP contribution < -0.4 is 19.9 Å². The molecule has 0 spiro atoms. The van der Waals surface area contributed by atoms with E-state index in [4.69, 9.17) is 14.3 Å². The van der Waals surface area contributed by atoms with Gasteiger partial charge in [0.2, 0.25) is 0 Å². The van der Waals surface area contributed by atoms with Crippen LogP contribution >= 0.6 is 0 Å². The molecule has 0 bridgehead atoms. The molecule has 2 amide bonds. The average molecular weight is 402 g/mol. The molecule has 3 aromatic carbocycles. The quantitative estimate of drug-likeness (QED) is 0.676. The van der Waals surface area contributed by atoms with Crippen LogP contribution in [0.1, 0.15) is 5.56 Å². The second-order valence-corrected chi connectivity index (χ2v) is 6.97. The Kier molecular flexibility index (Phi) is 4.18. The molecular formula is C23H18N2O5. The SMILES string of the molecule is COc1ccc(C2=C3C(=O)N(c4ccc5ccccc5c4)C(=O)[C@H]3ON2)cc1OC. The van der Waals surface area contributed by atoms with Gasteiger partial charge in [-0.1, -0.05) is 30.3 Å². The maximum atomic E-state index is 13.3. The van der Waals surface area contributed by atoms with E-state index in [1.54, 1.807) is 31.4 Å². The molecule has 5 rings (SSSR count). The summed E-state index contributed by atoms with van der Waals surface area (Å²) in [4.78, 5) is 32.9. The van der Waals surface area contributed by atoms with Gasteiger partial charge in [0, 0.05) is 5.56 Å². The number of amides is 2. The van der Waals surface area contributed by atoms with Gasteiger partial charge in [-0.15, -0.1) is 0 Å². The van der Waals surface area contributed by atoms with Crippen molar-refractivity contribution >= 4 is 34.0 Å². The van der Waals surface area contributed by atoms with Crippen LogP contribution in [0.2, 0.25) is 0 Å². The molecule has 2 aliphatic rings. The topological polar surface area (TPSA) is 77.1 Å². The first kappa shape index (κ1) is 18.2. The van der Waals surface area contributed by atoms with Crippen molar-refractivity contribution in [2.75, 3.05) is 19.1 Å². The third-order valence-electron chi connectivity index (χ3n) is 5.35. The average Bonchev–Trinajstić information content (AvgIpc) is 3.33. The van der Waals surface area contributed by atoms with Gasteiger partial charge in [0.1, 0.15) is 0 Å². The van der Waals surface area contributed by atoms with Crippen LogP contribution in [0.4, 0.5) is 5.69 Å². The maximum absolute atomic E-state index is 13.3. The van der Waals surface area contributed by atoms with Crippen LogP contribution in [-0.4, -0.2) is 32.1 Å². The Bertz CT molecular complexity index is 1230. The second kappa shape index (κ2) is 6.89. The maximum Gasteiger partial charge on any atom is 0.270 e. The van der Waals surface area contributed by atoms with Crippen LogP contribution in [0.15, 0.2) is 66.2 Å². The van der Waals surface area contributed by atoms with E-state index in [0.717, 1.165) is 10.8 Å². The molecule has 0 saturated carbocycles. The molecule has 7 heteroatoms. The van der Waals surface area contributed by atoms with Crippen molar-refractivity contribution < 1.29 is 23.9 Å². The van der Waals surface area contributed by atoms with Crippen molar-refractivity contribution in [1.29, 1.82) is 0 Å². The lowest BCUT2D eigenvalue weighted by Gasteiger charge is -2.16. The van der Waals surface area contributed by atoms with Gasteiger partial charge in [0.15, 0.2) is 17.6 Å². The van der Waals surface area contributed by atoms with Gasteiger partial charge in [-0.05, 0) is 41.1 Å². The van der Waals surface area contributed by atoms with Crippen LogP contribution in [0, 0.1) is 0 Å². The molecule has 2 heterocycles. The summed E-state index contributed by atoms with van der Waals surface area (Å²) in [5.74, 6) is 0.244. The number of hydroxylamine groups is 1. The number of carbonyl (C=O) groups excluding carboxylic acids is 2. The van der Waals surface area contributed by atoms with E-state index in [1.165, 1.54) is 12.0 Å². The first-order chi connectivity index (χ1) is 14.6. The Labute approximate surface area is 172 Å². The molecular weight excluding hydrogens is 384 g/mol. The first-order valence-electron chi connectivity index (χ1n) is 9.37. The Balaban J connectivity index is 1.58. The third-order valence-corrected chi connectivity index (χ3v) is 5.35. The molecule has 0 radical (unpaired) electrons. The normalized spacial score (nSPS) is 18.1. The highest BCUT2D eigenvalue weighted by Crippen LogP contribution is 2.38. The number of rotatable bonds is 4. The monoisotopic (exact) mass is 402 g/mol. The lowest BCUT2D eigenvalue weighted by molar-refractivity contribution is -0.127. The molecule has 0 unspecified atom stereocenters. The van der Waals surface area contributed by atoms with Crippen LogP contribution in [-0.2, 0) is 14.4 Å². The molecule has 2 aliphatic heterocycles. The number of imide groups is 1. The number of anilines is 1. The van der Waals surface area contributed by atoms with E-state index >= 15 is 0 Å². The zero-order valence-electron chi connectivity index (χ0n) is 16.3. The smallest absolute Gasteiger partial charge is 0.270 e. The minimum Gasteiger partial charge on any atom is -0.493 e. The minimum atomic E-state index is -0.993. The predicted octanol–water partition coefficient (Wildman–Crippen LogP) is 3.04. The number of nitrogens with zero attached hydrogens (tertiary/aromatic N) is 1. The summed E-state index contributed by atoms with van der Waals surface area (Å²) in [5, 5.41) is 1.98. The summed E-state index contributed by atoms with van der Waals surface area (Å²) >= 11 is 0. The molecule has 1 atom stereocenters. The zero-order chi connectivity index (χ0) is 20.8.